The molecule has 1 fully saturated rings. The first-order valence-electron chi connectivity index (χ1n) is 9.16. The normalized spacial score (nSPS) is 40.7. The molecule has 0 aliphatic heterocycles. The van der Waals surface area contributed by atoms with Crippen LogP contribution >= 0.6 is 0 Å². The zero-order valence-electron chi connectivity index (χ0n) is 15.6. The molecular weight excluding hydrogens is 304 g/mol. The summed E-state index contributed by atoms with van der Waals surface area (Å²) in [6, 6.07) is 0. The molecule has 0 spiro atoms. The van der Waals surface area contributed by atoms with Crippen LogP contribution in [0.5, 0.6) is 0 Å². The number of carbonyl (C=O) groups is 2. The van der Waals surface area contributed by atoms with E-state index in [1.54, 1.807) is 0 Å². The van der Waals surface area contributed by atoms with Crippen molar-refractivity contribution in [1.82, 2.24) is 0 Å². The maximum Gasteiger partial charge on any atom is 0.303 e. The summed E-state index contributed by atoms with van der Waals surface area (Å²) in [6.07, 6.45) is 4.99. The Hall–Kier alpha value is -1.16. The van der Waals surface area contributed by atoms with E-state index in [0.29, 0.717) is 0 Å². The van der Waals surface area contributed by atoms with Gasteiger partial charge in [0.1, 0.15) is 6.10 Å². The van der Waals surface area contributed by atoms with Crippen molar-refractivity contribution in [2.75, 3.05) is 0 Å². The third kappa shape index (κ3) is 2.94. The van der Waals surface area contributed by atoms with Crippen LogP contribution in [0.15, 0.2) is 11.6 Å². The topological polar surface area (TPSA) is 74.6 Å². The number of hydrogen-bond donors (Lipinski definition) is 2. The predicted octanol–water partition coefficient (Wildman–Crippen LogP) is 3.83. The molecule has 24 heavy (non-hydrogen) atoms. The van der Waals surface area contributed by atoms with Crippen LogP contribution in [0.3, 0.4) is 0 Å². The molecule has 0 unspecified atom stereocenters. The third-order valence-electron chi connectivity index (χ3n) is 7.23. The molecule has 0 radical (unpaired) electrons. The van der Waals surface area contributed by atoms with Gasteiger partial charge in [0.05, 0.1) is 0 Å². The minimum atomic E-state index is -0.932. The number of aliphatic hydroxyl groups excluding tert-OH is 1. The highest BCUT2D eigenvalue weighted by molar-refractivity contribution is 5.88. The van der Waals surface area contributed by atoms with Gasteiger partial charge in [-0.15, -0.1) is 0 Å². The van der Waals surface area contributed by atoms with Crippen LogP contribution in [-0.4, -0.2) is 28.1 Å². The third-order valence-corrected chi connectivity index (χ3v) is 7.23. The number of hydrogen-bond acceptors (Lipinski definition) is 3. The number of carboxylic acids is 1. The largest absolute Gasteiger partial charge is 0.481 e. The van der Waals surface area contributed by atoms with Gasteiger partial charge in [0.25, 0.3) is 0 Å². The molecular formula is C20H32O4. The first kappa shape index (κ1) is 19.2. The molecule has 0 heterocycles. The Kier molecular flexibility index (Phi) is 5.29. The maximum atomic E-state index is 12.8. The molecule has 4 heteroatoms. The van der Waals surface area contributed by atoms with Gasteiger partial charge in [-0.2, -0.15) is 0 Å². The van der Waals surface area contributed by atoms with E-state index in [9.17, 15) is 14.7 Å². The number of rotatable bonds is 5. The van der Waals surface area contributed by atoms with Gasteiger partial charge in [-0.25, -0.2) is 0 Å². The summed E-state index contributed by atoms with van der Waals surface area (Å²) in [6.45, 7) is 10.2. The summed E-state index contributed by atoms with van der Waals surface area (Å²) in [5, 5.41) is 19.7. The number of aliphatic carboxylic acids is 1. The van der Waals surface area contributed by atoms with E-state index in [1.807, 2.05) is 27.7 Å². The lowest BCUT2D eigenvalue weighted by atomic mass is 9.45. The Labute approximate surface area is 145 Å². The first-order chi connectivity index (χ1) is 11.0. The quantitative estimate of drug-likeness (QED) is 0.748. The predicted molar refractivity (Wildman–Crippen MR) is 93.5 cm³/mol. The van der Waals surface area contributed by atoms with E-state index < -0.39 is 17.5 Å². The summed E-state index contributed by atoms with van der Waals surface area (Å²) in [5.74, 6) is -0.683. The zero-order valence-corrected chi connectivity index (χ0v) is 15.6. The van der Waals surface area contributed by atoms with Crippen LogP contribution in [0.25, 0.3) is 0 Å². The second-order valence-corrected chi connectivity index (χ2v) is 8.57. The molecule has 0 saturated heterocycles. The van der Waals surface area contributed by atoms with Crippen LogP contribution in [0.4, 0.5) is 0 Å². The van der Waals surface area contributed by atoms with E-state index in [2.05, 4.69) is 13.0 Å². The van der Waals surface area contributed by atoms with Gasteiger partial charge < -0.3 is 10.2 Å². The molecule has 136 valence electrons. The van der Waals surface area contributed by atoms with Crippen molar-refractivity contribution in [3.8, 4) is 0 Å². The van der Waals surface area contributed by atoms with Gasteiger partial charge in [0.15, 0.2) is 5.78 Å². The number of carbonyl (C=O) groups excluding carboxylic acids is 1. The Balaban J connectivity index is 2.31. The van der Waals surface area contributed by atoms with Crippen LogP contribution in [0.2, 0.25) is 0 Å². The monoisotopic (exact) mass is 336 g/mol. The van der Waals surface area contributed by atoms with Gasteiger partial charge in [-0.3, -0.25) is 9.59 Å². The standard InChI is InChI=1S/C20H32O4/c1-12(11-16(21)22)9-10-19(4)14(3)17(23)18(24)20(5)13(2)7-6-8-15(19)20/h7,12,14-15,18,24H,6,8-11H2,1-5H3,(H,21,22)/t12-,14+,15+,18-,19+,20-/m0/s1. The Morgan fingerprint density at radius 2 is 2.04 bits per heavy atom. The molecule has 0 aromatic heterocycles. The van der Waals surface area contributed by atoms with E-state index in [4.69, 9.17) is 5.11 Å². The lowest BCUT2D eigenvalue weighted by molar-refractivity contribution is -0.165. The second-order valence-electron chi connectivity index (χ2n) is 8.57. The van der Waals surface area contributed by atoms with E-state index in [0.717, 1.165) is 31.3 Å². The van der Waals surface area contributed by atoms with Crippen molar-refractivity contribution in [2.45, 2.75) is 72.8 Å². The fourth-order valence-electron chi connectivity index (χ4n) is 5.19. The average Bonchev–Trinajstić information content (AvgIpc) is 2.51. The summed E-state index contributed by atoms with van der Waals surface area (Å²) in [5.41, 5.74) is 0.427. The Morgan fingerprint density at radius 3 is 2.62 bits per heavy atom. The minimum Gasteiger partial charge on any atom is -0.481 e. The average molecular weight is 336 g/mol. The van der Waals surface area contributed by atoms with Gasteiger partial charge in [-0.05, 0) is 49.9 Å². The fraction of sp³-hybridized carbons (Fsp3) is 0.800. The SMILES string of the molecule is CC1=CCC[C@@H]2[C@](C)(CC[C@H](C)CC(=O)O)[C@H](C)C(=O)[C@H](O)[C@@]12C. The van der Waals surface area contributed by atoms with Crippen LogP contribution in [-0.2, 0) is 9.59 Å². The van der Waals surface area contributed by atoms with Crippen molar-refractivity contribution in [3.63, 3.8) is 0 Å². The smallest absolute Gasteiger partial charge is 0.303 e. The minimum absolute atomic E-state index is 0.0585. The van der Waals surface area contributed by atoms with Gasteiger partial charge in [0.2, 0.25) is 0 Å². The first-order valence-corrected chi connectivity index (χ1v) is 9.16. The molecule has 0 aromatic rings. The zero-order chi connectivity index (χ0) is 18.3. The lowest BCUT2D eigenvalue weighted by Crippen LogP contribution is -2.61. The molecule has 2 aliphatic rings. The number of fused-ring (bicyclic) bond motifs is 1. The molecule has 0 amide bonds. The van der Waals surface area contributed by atoms with Crippen molar-refractivity contribution in [2.24, 2.45) is 28.6 Å². The highest BCUT2D eigenvalue weighted by atomic mass is 16.4. The van der Waals surface area contributed by atoms with Gasteiger partial charge in [-0.1, -0.05) is 39.3 Å². The lowest BCUT2D eigenvalue weighted by Gasteiger charge is -2.59. The van der Waals surface area contributed by atoms with Crippen LogP contribution in [0.1, 0.15) is 66.7 Å². The molecule has 1 saturated carbocycles. The van der Waals surface area contributed by atoms with Crippen molar-refractivity contribution >= 4 is 11.8 Å². The summed E-state index contributed by atoms with van der Waals surface area (Å²) < 4.78 is 0. The molecule has 0 bridgehead atoms. The molecule has 2 N–H and O–H groups in total. The van der Waals surface area contributed by atoms with Crippen molar-refractivity contribution in [1.29, 1.82) is 0 Å². The molecule has 2 rings (SSSR count). The number of allylic oxidation sites excluding steroid dienone is 1. The van der Waals surface area contributed by atoms with E-state index in [-0.39, 0.29) is 35.4 Å². The molecule has 6 atom stereocenters. The number of aliphatic hydroxyl groups is 1. The number of Topliss-reactive ketones (excluding diaryl/α,β-unsaturated/α-hetero) is 1. The van der Waals surface area contributed by atoms with Gasteiger partial charge in [0, 0.05) is 17.8 Å². The number of carboxylic acid groups (broad SMARTS) is 1. The van der Waals surface area contributed by atoms with Crippen LogP contribution < -0.4 is 0 Å². The van der Waals surface area contributed by atoms with Crippen molar-refractivity contribution < 1.29 is 19.8 Å². The molecule has 2 aliphatic carbocycles. The summed E-state index contributed by atoms with van der Waals surface area (Å²) in [7, 11) is 0. The van der Waals surface area contributed by atoms with Crippen molar-refractivity contribution in [3.05, 3.63) is 11.6 Å². The molecule has 0 aromatic carbocycles. The van der Waals surface area contributed by atoms with E-state index >= 15 is 0 Å². The highest BCUT2D eigenvalue weighted by Crippen LogP contribution is 2.60. The van der Waals surface area contributed by atoms with Crippen LogP contribution in [0, 0.1) is 28.6 Å². The maximum absolute atomic E-state index is 12.8. The Bertz CT molecular complexity index is 552. The second kappa shape index (κ2) is 6.62. The summed E-state index contributed by atoms with van der Waals surface area (Å²) >= 11 is 0. The molecule has 4 nitrogen and oxygen atoms in total. The van der Waals surface area contributed by atoms with Gasteiger partial charge >= 0.3 is 5.97 Å². The van der Waals surface area contributed by atoms with E-state index in [1.165, 1.54) is 0 Å². The summed E-state index contributed by atoms with van der Waals surface area (Å²) in [4.78, 5) is 23.7. The fourth-order valence-corrected chi connectivity index (χ4v) is 5.19. The highest BCUT2D eigenvalue weighted by Gasteiger charge is 2.60. The Morgan fingerprint density at radius 1 is 1.42 bits per heavy atom. The number of ketones is 1.